The minimum absolute atomic E-state index is 0.0503. The maximum absolute atomic E-state index is 12.6. The number of hydrazone groups is 1. The summed E-state index contributed by atoms with van der Waals surface area (Å²) in [6.45, 7) is 1.63. The van der Waals surface area contributed by atoms with E-state index in [0.717, 1.165) is 0 Å². The smallest absolute Gasteiger partial charge is 0.427 e. The van der Waals surface area contributed by atoms with E-state index < -0.39 is 23.5 Å². The molecular formula is C19H19N3O5. The number of aromatic hydroxyl groups is 1. The summed E-state index contributed by atoms with van der Waals surface area (Å²) in [6, 6.07) is 12.9. The van der Waals surface area contributed by atoms with E-state index in [2.05, 4.69) is 20.6 Å². The van der Waals surface area contributed by atoms with E-state index in [0.29, 0.717) is 16.8 Å². The number of phenols is 1. The predicted molar refractivity (Wildman–Crippen MR) is 98.3 cm³/mol. The number of nitrogens with zero attached hydrogens (tertiary/aromatic N) is 1. The van der Waals surface area contributed by atoms with E-state index in [9.17, 15) is 19.8 Å². The molecule has 1 aliphatic heterocycles. The van der Waals surface area contributed by atoms with E-state index in [1.54, 1.807) is 43.3 Å². The number of benzene rings is 2. The Kier molecular flexibility index (Phi) is 4.83. The molecule has 27 heavy (non-hydrogen) atoms. The minimum atomic E-state index is -1.88. The zero-order chi connectivity index (χ0) is 19.6. The molecule has 0 aromatic heterocycles. The third-order valence-corrected chi connectivity index (χ3v) is 4.58. The first-order valence-electron chi connectivity index (χ1n) is 8.22. The largest absolute Gasteiger partial charge is 0.508 e. The first-order valence-corrected chi connectivity index (χ1v) is 8.22. The second kappa shape index (κ2) is 7.08. The van der Waals surface area contributed by atoms with Gasteiger partial charge in [-0.25, -0.2) is 10.2 Å². The number of phenolic OH excluding ortho intramolecular Hbond substituents is 1. The number of amides is 2. The zero-order valence-corrected chi connectivity index (χ0v) is 14.8. The summed E-state index contributed by atoms with van der Waals surface area (Å²) in [6.07, 6.45) is -0.790. The summed E-state index contributed by atoms with van der Waals surface area (Å²) in [5.41, 5.74) is 2.04. The molecule has 1 heterocycles. The van der Waals surface area contributed by atoms with E-state index in [1.807, 2.05) is 0 Å². The number of fused-ring (bicyclic) bond motifs is 1. The van der Waals surface area contributed by atoms with Crippen molar-refractivity contribution in [2.45, 2.75) is 12.5 Å². The Bertz CT molecular complexity index is 910. The van der Waals surface area contributed by atoms with E-state index in [-0.39, 0.29) is 11.5 Å². The van der Waals surface area contributed by atoms with Crippen molar-refractivity contribution in [2.24, 2.45) is 11.0 Å². The minimum Gasteiger partial charge on any atom is -0.508 e. The SMILES string of the molecule is COC(=O)N/N=C(/c1ccc(O)cc1)[C@H](C)[C@]1(O)C(=O)Nc2ccccc21. The van der Waals surface area contributed by atoms with Gasteiger partial charge >= 0.3 is 6.09 Å². The van der Waals surface area contributed by atoms with Crippen LogP contribution in [0.15, 0.2) is 53.6 Å². The Hall–Kier alpha value is -3.39. The molecule has 1 aliphatic rings. The van der Waals surface area contributed by atoms with Crippen molar-refractivity contribution in [1.29, 1.82) is 0 Å². The standard InChI is InChI=1S/C19H19N3O5/c1-11(19(26)14-5-3-4-6-15(14)20-17(19)24)16(21-22-18(25)27-2)12-7-9-13(23)10-8-12/h3-11,23,26H,1-2H3,(H,20,24)(H,22,25)/b21-16+/t11-,19+/m0/s1. The van der Waals surface area contributed by atoms with Gasteiger partial charge in [-0.15, -0.1) is 0 Å². The lowest BCUT2D eigenvalue weighted by molar-refractivity contribution is -0.136. The lowest BCUT2D eigenvalue weighted by Gasteiger charge is -2.29. The molecule has 0 aliphatic carbocycles. The average molecular weight is 369 g/mol. The summed E-state index contributed by atoms with van der Waals surface area (Å²) in [4.78, 5) is 24.1. The van der Waals surface area contributed by atoms with Crippen LogP contribution in [0.25, 0.3) is 0 Å². The molecule has 0 fully saturated rings. The van der Waals surface area contributed by atoms with Crippen LogP contribution in [-0.2, 0) is 15.1 Å². The summed E-state index contributed by atoms with van der Waals surface area (Å²) < 4.78 is 4.52. The predicted octanol–water partition coefficient (Wildman–Crippen LogP) is 1.93. The fraction of sp³-hybridized carbons (Fsp3) is 0.211. The summed E-state index contributed by atoms with van der Waals surface area (Å²) in [5, 5.41) is 27.6. The Morgan fingerprint density at radius 2 is 1.89 bits per heavy atom. The van der Waals surface area contributed by atoms with Crippen LogP contribution in [0.1, 0.15) is 18.1 Å². The highest BCUT2D eigenvalue weighted by Gasteiger charge is 2.51. The molecule has 140 valence electrons. The van der Waals surface area contributed by atoms with Crippen molar-refractivity contribution in [3.05, 3.63) is 59.7 Å². The summed E-state index contributed by atoms with van der Waals surface area (Å²) in [5.74, 6) is -1.36. The number of carbonyl (C=O) groups excluding carboxylic acids is 2. The van der Waals surface area contributed by atoms with Crippen molar-refractivity contribution in [2.75, 3.05) is 12.4 Å². The molecule has 8 nitrogen and oxygen atoms in total. The van der Waals surface area contributed by atoms with Gasteiger partial charge in [0.2, 0.25) is 0 Å². The number of methoxy groups -OCH3 is 1. The number of aliphatic hydroxyl groups is 1. The highest BCUT2D eigenvalue weighted by atomic mass is 16.5. The number of hydrogen-bond donors (Lipinski definition) is 4. The van der Waals surface area contributed by atoms with Crippen molar-refractivity contribution in [3.63, 3.8) is 0 Å². The van der Waals surface area contributed by atoms with Gasteiger partial charge in [0.15, 0.2) is 5.60 Å². The Morgan fingerprint density at radius 3 is 2.56 bits per heavy atom. The maximum atomic E-state index is 12.6. The maximum Gasteiger partial charge on any atom is 0.427 e. The van der Waals surface area contributed by atoms with Crippen LogP contribution < -0.4 is 10.7 Å². The molecule has 2 aromatic rings. The van der Waals surface area contributed by atoms with Gasteiger partial charge in [-0.1, -0.05) is 25.1 Å². The molecular weight excluding hydrogens is 350 g/mol. The van der Waals surface area contributed by atoms with Crippen molar-refractivity contribution in [3.8, 4) is 5.75 Å². The second-order valence-corrected chi connectivity index (χ2v) is 6.14. The van der Waals surface area contributed by atoms with Gasteiger partial charge < -0.3 is 20.3 Å². The molecule has 0 saturated carbocycles. The van der Waals surface area contributed by atoms with Gasteiger partial charge in [0.05, 0.1) is 12.8 Å². The highest BCUT2D eigenvalue weighted by Crippen LogP contribution is 2.42. The normalized spacial score (nSPS) is 19.8. The number of anilines is 1. The molecule has 2 aromatic carbocycles. The van der Waals surface area contributed by atoms with Crippen molar-refractivity contribution >= 4 is 23.4 Å². The van der Waals surface area contributed by atoms with Crippen LogP contribution >= 0.6 is 0 Å². The fourth-order valence-corrected chi connectivity index (χ4v) is 3.09. The van der Waals surface area contributed by atoms with Crippen LogP contribution in [0.5, 0.6) is 5.75 Å². The highest BCUT2D eigenvalue weighted by molar-refractivity contribution is 6.12. The molecule has 3 rings (SSSR count). The summed E-state index contributed by atoms with van der Waals surface area (Å²) in [7, 11) is 1.20. The number of carbonyl (C=O) groups is 2. The van der Waals surface area contributed by atoms with E-state index >= 15 is 0 Å². The Morgan fingerprint density at radius 1 is 1.22 bits per heavy atom. The van der Waals surface area contributed by atoms with E-state index in [4.69, 9.17) is 0 Å². The number of nitrogens with one attached hydrogen (secondary N) is 2. The number of ether oxygens (including phenoxy) is 1. The summed E-state index contributed by atoms with van der Waals surface area (Å²) >= 11 is 0. The van der Waals surface area contributed by atoms with Crippen LogP contribution in [0.2, 0.25) is 0 Å². The van der Waals surface area contributed by atoms with Crippen molar-refractivity contribution < 1.29 is 24.5 Å². The third kappa shape index (κ3) is 3.22. The average Bonchev–Trinajstić information content (AvgIpc) is 2.94. The Balaban J connectivity index is 2.07. The van der Waals surface area contributed by atoms with Crippen LogP contribution in [0, 0.1) is 5.92 Å². The molecule has 0 radical (unpaired) electrons. The van der Waals surface area contributed by atoms with Gasteiger partial charge in [-0.3, -0.25) is 4.79 Å². The molecule has 2 atom stereocenters. The lowest BCUT2D eigenvalue weighted by Crippen LogP contribution is -2.44. The first kappa shape index (κ1) is 18.4. The molecule has 0 unspecified atom stereocenters. The number of hydrogen-bond acceptors (Lipinski definition) is 6. The van der Waals surface area contributed by atoms with Gasteiger partial charge in [0.25, 0.3) is 5.91 Å². The third-order valence-electron chi connectivity index (χ3n) is 4.58. The van der Waals surface area contributed by atoms with E-state index in [1.165, 1.54) is 19.2 Å². The zero-order valence-electron chi connectivity index (χ0n) is 14.8. The number of rotatable bonds is 4. The molecule has 2 amide bonds. The number of para-hydroxylation sites is 1. The van der Waals surface area contributed by atoms with Crippen molar-refractivity contribution in [1.82, 2.24) is 5.43 Å². The molecule has 8 heteroatoms. The topological polar surface area (TPSA) is 120 Å². The second-order valence-electron chi connectivity index (χ2n) is 6.14. The van der Waals surface area contributed by atoms with Crippen LogP contribution in [0.4, 0.5) is 10.5 Å². The van der Waals surface area contributed by atoms with Gasteiger partial charge in [0.1, 0.15) is 5.75 Å². The first-order chi connectivity index (χ1) is 12.9. The Labute approximate surface area is 155 Å². The molecule has 0 bridgehead atoms. The fourth-order valence-electron chi connectivity index (χ4n) is 3.09. The van der Waals surface area contributed by atoms with Crippen LogP contribution in [0.3, 0.4) is 0 Å². The van der Waals surface area contributed by atoms with Gasteiger partial charge in [0, 0.05) is 17.2 Å². The quantitative estimate of drug-likeness (QED) is 0.485. The molecule has 0 saturated heterocycles. The molecule has 4 N–H and O–H groups in total. The monoisotopic (exact) mass is 369 g/mol. The van der Waals surface area contributed by atoms with Gasteiger partial charge in [-0.2, -0.15) is 5.10 Å². The molecule has 0 spiro atoms. The van der Waals surface area contributed by atoms with Gasteiger partial charge in [-0.05, 0) is 35.9 Å². The van der Waals surface area contributed by atoms with Crippen LogP contribution in [-0.4, -0.2) is 35.0 Å². The lowest BCUT2D eigenvalue weighted by atomic mass is 9.78.